The second-order valence-electron chi connectivity index (χ2n) is 5.36. The lowest BCUT2D eigenvalue weighted by Crippen LogP contribution is -2.34. The highest BCUT2D eigenvalue weighted by atomic mass is 16.5. The molecular formula is C13H24O3. The minimum atomic E-state index is -0.785. The van der Waals surface area contributed by atoms with E-state index in [1.165, 1.54) is 6.42 Å². The standard InChI is InChI=1S/C13H24O3/c1-11(2)6-9-16-12(14)10-13(15)7-4-3-5-8-13/h11,15H,3-10H2,1-2H3. The first-order valence-corrected chi connectivity index (χ1v) is 6.40. The van der Waals surface area contributed by atoms with E-state index in [4.69, 9.17) is 4.74 Å². The van der Waals surface area contributed by atoms with Crippen LogP contribution in [0, 0.1) is 5.92 Å². The Labute approximate surface area is 98.2 Å². The van der Waals surface area contributed by atoms with Gasteiger partial charge in [-0.1, -0.05) is 33.1 Å². The lowest BCUT2D eigenvalue weighted by Gasteiger charge is -2.30. The van der Waals surface area contributed by atoms with E-state index in [1.54, 1.807) is 0 Å². The molecule has 3 nitrogen and oxygen atoms in total. The van der Waals surface area contributed by atoms with Crippen LogP contribution in [0.5, 0.6) is 0 Å². The zero-order valence-electron chi connectivity index (χ0n) is 10.5. The molecule has 1 aliphatic rings. The third kappa shape index (κ3) is 4.97. The lowest BCUT2D eigenvalue weighted by atomic mass is 9.82. The van der Waals surface area contributed by atoms with Crippen molar-refractivity contribution in [1.82, 2.24) is 0 Å². The Bertz CT molecular complexity index is 217. The number of hydrogen-bond acceptors (Lipinski definition) is 3. The summed E-state index contributed by atoms with van der Waals surface area (Å²) < 4.78 is 5.12. The largest absolute Gasteiger partial charge is 0.466 e. The van der Waals surface area contributed by atoms with Crippen molar-refractivity contribution in [2.75, 3.05) is 6.61 Å². The highest BCUT2D eigenvalue weighted by molar-refractivity contribution is 5.70. The number of aliphatic hydroxyl groups is 1. The van der Waals surface area contributed by atoms with Crippen LogP contribution in [0.25, 0.3) is 0 Å². The number of hydrogen-bond donors (Lipinski definition) is 1. The zero-order chi connectivity index (χ0) is 12.0. The third-order valence-corrected chi connectivity index (χ3v) is 3.22. The molecule has 0 atom stereocenters. The number of carbonyl (C=O) groups is 1. The van der Waals surface area contributed by atoms with Crippen molar-refractivity contribution >= 4 is 5.97 Å². The Morgan fingerprint density at radius 3 is 2.50 bits per heavy atom. The van der Waals surface area contributed by atoms with Crippen LogP contribution in [0.4, 0.5) is 0 Å². The predicted molar refractivity (Wildman–Crippen MR) is 63.1 cm³/mol. The van der Waals surface area contributed by atoms with Crippen molar-refractivity contribution in [3.05, 3.63) is 0 Å². The molecule has 1 saturated carbocycles. The fourth-order valence-electron chi connectivity index (χ4n) is 2.11. The Kier molecular flexibility index (Phi) is 5.26. The van der Waals surface area contributed by atoms with Gasteiger partial charge in [0.15, 0.2) is 0 Å². The van der Waals surface area contributed by atoms with Crippen LogP contribution in [0.1, 0.15) is 58.8 Å². The summed E-state index contributed by atoms with van der Waals surface area (Å²) in [5, 5.41) is 10.1. The Hall–Kier alpha value is -0.570. The maximum Gasteiger partial charge on any atom is 0.308 e. The summed E-state index contributed by atoms with van der Waals surface area (Å²) in [7, 11) is 0. The minimum absolute atomic E-state index is 0.172. The number of carbonyl (C=O) groups excluding carboxylic acids is 1. The third-order valence-electron chi connectivity index (χ3n) is 3.22. The minimum Gasteiger partial charge on any atom is -0.466 e. The maximum atomic E-state index is 11.5. The van der Waals surface area contributed by atoms with Crippen molar-refractivity contribution in [3.8, 4) is 0 Å². The lowest BCUT2D eigenvalue weighted by molar-refractivity contribution is -0.150. The molecule has 0 amide bonds. The molecule has 0 aromatic carbocycles. The van der Waals surface area contributed by atoms with Gasteiger partial charge in [-0.2, -0.15) is 0 Å². The first kappa shape index (κ1) is 13.5. The summed E-state index contributed by atoms with van der Waals surface area (Å²) in [6.45, 7) is 4.68. The second-order valence-corrected chi connectivity index (χ2v) is 5.36. The van der Waals surface area contributed by atoms with E-state index in [0.29, 0.717) is 12.5 Å². The molecule has 0 spiro atoms. The van der Waals surface area contributed by atoms with Crippen molar-refractivity contribution in [3.63, 3.8) is 0 Å². The normalized spacial score (nSPS) is 19.8. The van der Waals surface area contributed by atoms with Crippen LogP contribution >= 0.6 is 0 Å². The Morgan fingerprint density at radius 2 is 1.94 bits per heavy atom. The Balaban J connectivity index is 2.22. The van der Waals surface area contributed by atoms with Gasteiger partial charge in [-0.15, -0.1) is 0 Å². The highest BCUT2D eigenvalue weighted by Gasteiger charge is 2.32. The molecule has 0 aromatic rings. The molecule has 1 N–H and O–H groups in total. The van der Waals surface area contributed by atoms with Gasteiger partial charge in [0.25, 0.3) is 0 Å². The van der Waals surface area contributed by atoms with Gasteiger partial charge in [0.05, 0.1) is 18.6 Å². The molecule has 0 aliphatic heterocycles. The first-order chi connectivity index (χ1) is 7.52. The fourth-order valence-corrected chi connectivity index (χ4v) is 2.11. The molecule has 1 rings (SSSR count). The van der Waals surface area contributed by atoms with Crippen LogP contribution in [-0.4, -0.2) is 23.3 Å². The summed E-state index contributed by atoms with van der Waals surface area (Å²) in [5.74, 6) is 0.301. The van der Waals surface area contributed by atoms with Crippen LogP contribution < -0.4 is 0 Å². The summed E-state index contributed by atoms with van der Waals surface area (Å²) >= 11 is 0. The second kappa shape index (κ2) is 6.24. The van der Waals surface area contributed by atoms with Crippen LogP contribution in [0.3, 0.4) is 0 Å². The average molecular weight is 228 g/mol. The van der Waals surface area contributed by atoms with Crippen LogP contribution in [-0.2, 0) is 9.53 Å². The highest BCUT2D eigenvalue weighted by Crippen LogP contribution is 2.31. The number of esters is 1. The summed E-state index contributed by atoms with van der Waals surface area (Å²) in [6.07, 6.45) is 5.77. The molecular weight excluding hydrogens is 204 g/mol. The smallest absolute Gasteiger partial charge is 0.308 e. The van der Waals surface area contributed by atoms with Crippen LogP contribution in [0.15, 0.2) is 0 Å². The van der Waals surface area contributed by atoms with E-state index in [-0.39, 0.29) is 12.4 Å². The molecule has 0 bridgehead atoms. The quantitative estimate of drug-likeness (QED) is 0.736. The molecule has 0 radical (unpaired) electrons. The first-order valence-electron chi connectivity index (χ1n) is 6.40. The molecule has 1 fully saturated rings. The maximum absolute atomic E-state index is 11.5. The van der Waals surface area contributed by atoms with Gasteiger partial charge in [0.1, 0.15) is 0 Å². The van der Waals surface area contributed by atoms with Crippen LogP contribution in [0.2, 0.25) is 0 Å². The van der Waals surface area contributed by atoms with Gasteiger partial charge >= 0.3 is 5.97 Å². The molecule has 1 aliphatic carbocycles. The topological polar surface area (TPSA) is 46.5 Å². The van der Waals surface area contributed by atoms with Gasteiger partial charge in [0.2, 0.25) is 0 Å². The van der Waals surface area contributed by atoms with E-state index in [2.05, 4.69) is 13.8 Å². The fraction of sp³-hybridized carbons (Fsp3) is 0.923. The van der Waals surface area contributed by atoms with E-state index < -0.39 is 5.60 Å². The van der Waals surface area contributed by atoms with Crippen molar-refractivity contribution in [2.45, 2.75) is 64.4 Å². The van der Waals surface area contributed by atoms with Gasteiger partial charge in [-0.05, 0) is 25.2 Å². The zero-order valence-corrected chi connectivity index (χ0v) is 10.5. The number of ether oxygens (including phenoxy) is 1. The molecule has 16 heavy (non-hydrogen) atoms. The Morgan fingerprint density at radius 1 is 1.31 bits per heavy atom. The van der Waals surface area contributed by atoms with E-state index in [9.17, 15) is 9.90 Å². The van der Waals surface area contributed by atoms with Crippen molar-refractivity contribution in [1.29, 1.82) is 0 Å². The van der Waals surface area contributed by atoms with Gasteiger partial charge in [-0.3, -0.25) is 4.79 Å². The average Bonchev–Trinajstić information content (AvgIpc) is 2.17. The summed E-state index contributed by atoms with van der Waals surface area (Å²) in [6, 6.07) is 0. The van der Waals surface area contributed by atoms with E-state index in [1.807, 2.05) is 0 Å². The predicted octanol–water partition coefficient (Wildman–Crippen LogP) is 2.66. The summed E-state index contributed by atoms with van der Waals surface area (Å²) in [5.41, 5.74) is -0.785. The SMILES string of the molecule is CC(C)CCOC(=O)CC1(O)CCCCC1. The molecule has 94 valence electrons. The van der Waals surface area contributed by atoms with Crippen molar-refractivity contribution in [2.24, 2.45) is 5.92 Å². The monoisotopic (exact) mass is 228 g/mol. The van der Waals surface area contributed by atoms with E-state index in [0.717, 1.165) is 32.1 Å². The molecule has 0 saturated heterocycles. The van der Waals surface area contributed by atoms with E-state index >= 15 is 0 Å². The molecule has 0 aromatic heterocycles. The molecule has 0 heterocycles. The van der Waals surface area contributed by atoms with Gasteiger partial charge < -0.3 is 9.84 Å². The van der Waals surface area contributed by atoms with Gasteiger partial charge in [0, 0.05) is 0 Å². The van der Waals surface area contributed by atoms with Gasteiger partial charge in [-0.25, -0.2) is 0 Å². The number of rotatable bonds is 5. The molecule has 0 unspecified atom stereocenters. The van der Waals surface area contributed by atoms with Crippen molar-refractivity contribution < 1.29 is 14.6 Å². The molecule has 3 heteroatoms. The summed E-state index contributed by atoms with van der Waals surface area (Å²) in [4.78, 5) is 11.5.